The Labute approximate surface area is 140 Å². The van der Waals surface area contributed by atoms with Crippen LogP contribution < -0.4 is 15.4 Å². The summed E-state index contributed by atoms with van der Waals surface area (Å²) in [7, 11) is 0. The number of rotatable bonds is 6. The first kappa shape index (κ1) is 15.8. The van der Waals surface area contributed by atoms with Gasteiger partial charge in [-0.2, -0.15) is 0 Å². The summed E-state index contributed by atoms with van der Waals surface area (Å²) >= 11 is 3.41. The zero-order chi connectivity index (χ0) is 15.4. The zero-order valence-electron chi connectivity index (χ0n) is 12.7. The van der Waals surface area contributed by atoms with Crippen LogP contribution >= 0.6 is 15.9 Å². The van der Waals surface area contributed by atoms with Gasteiger partial charge in [0, 0.05) is 23.0 Å². The minimum absolute atomic E-state index is 0.157. The molecule has 3 rings (SSSR count). The fourth-order valence-electron chi connectivity index (χ4n) is 3.59. The highest BCUT2D eigenvalue weighted by atomic mass is 79.9. The lowest BCUT2D eigenvalue weighted by molar-refractivity contribution is -0.122. The maximum absolute atomic E-state index is 12.0. The Bertz CT molecular complexity index is 511. The van der Waals surface area contributed by atoms with Gasteiger partial charge in [0.1, 0.15) is 12.4 Å². The van der Waals surface area contributed by atoms with Crippen LogP contribution in [0, 0.1) is 5.92 Å². The van der Waals surface area contributed by atoms with Crippen molar-refractivity contribution in [2.24, 2.45) is 5.92 Å². The van der Waals surface area contributed by atoms with Gasteiger partial charge in [-0.05, 0) is 49.8 Å². The second-order valence-corrected chi connectivity index (χ2v) is 7.25. The standard InChI is InChI=1S/C17H23BrN2O2/c18-13-2-1-3-16(11-13)22-7-6-19-17(21)10-12-8-14-4-5-15(9-12)20-14/h1-3,11-12,14-15,20H,4-10H2,(H,19,21). The van der Waals surface area contributed by atoms with E-state index in [0.717, 1.165) is 23.1 Å². The van der Waals surface area contributed by atoms with Crippen LogP contribution in [0.1, 0.15) is 32.1 Å². The number of amides is 1. The highest BCUT2D eigenvalue weighted by Gasteiger charge is 2.33. The Balaban J connectivity index is 1.33. The molecule has 0 spiro atoms. The SMILES string of the molecule is O=C(CC1CC2CCC(C1)N2)NCCOc1cccc(Br)c1. The van der Waals surface area contributed by atoms with Gasteiger partial charge >= 0.3 is 0 Å². The van der Waals surface area contributed by atoms with Gasteiger partial charge in [0.15, 0.2) is 0 Å². The van der Waals surface area contributed by atoms with E-state index < -0.39 is 0 Å². The molecule has 1 amide bonds. The molecule has 22 heavy (non-hydrogen) atoms. The zero-order valence-corrected chi connectivity index (χ0v) is 14.3. The van der Waals surface area contributed by atoms with Crippen LogP contribution in [-0.2, 0) is 4.79 Å². The Morgan fingerprint density at radius 3 is 2.82 bits per heavy atom. The number of carbonyl (C=O) groups is 1. The molecule has 5 heteroatoms. The number of halogens is 1. The molecule has 2 unspecified atom stereocenters. The van der Waals surface area contributed by atoms with Crippen molar-refractivity contribution in [1.82, 2.24) is 10.6 Å². The van der Waals surface area contributed by atoms with Crippen molar-refractivity contribution in [3.8, 4) is 5.75 Å². The Hall–Kier alpha value is -1.07. The molecule has 2 fully saturated rings. The van der Waals surface area contributed by atoms with E-state index in [1.54, 1.807) is 0 Å². The number of nitrogens with one attached hydrogen (secondary N) is 2. The molecule has 0 aliphatic carbocycles. The lowest BCUT2D eigenvalue weighted by Crippen LogP contribution is -2.40. The van der Waals surface area contributed by atoms with Crippen molar-refractivity contribution >= 4 is 21.8 Å². The molecule has 120 valence electrons. The largest absolute Gasteiger partial charge is 0.492 e. The second-order valence-electron chi connectivity index (χ2n) is 6.34. The summed E-state index contributed by atoms with van der Waals surface area (Å²) in [5.74, 6) is 1.52. The first-order valence-corrected chi connectivity index (χ1v) is 8.89. The van der Waals surface area contributed by atoms with E-state index in [2.05, 4.69) is 26.6 Å². The number of hydrogen-bond acceptors (Lipinski definition) is 3. The number of ether oxygens (including phenoxy) is 1. The smallest absolute Gasteiger partial charge is 0.220 e. The van der Waals surface area contributed by atoms with Crippen molar-refractivity contribution in [3.05, 3.63) is 28.7 Å². The lowest BCUT2D eigenvalue weighted by atomic mass is 9.89. The van der Waals surface area contributed by atoms with Gasteiger partial charge in [-0.3, -0.25) is 4.79 Å². The number of fused-ring (bicyclic) bond motifs is 2. The molecule has 2 aliphatic rings. The van der Waals surface area contributed by atoms with Crippen LogP contribution in [-0.4, -0.2) is 31.1 Å². The van der Waals surface area contributed by atoms with Gasteiger partial charge in [-0.1, -0.05) is 22.0 Å². The molecular weight excluding hydrogens is 344 g/mol. The molecular formula is C17H23BrN2O2. The topological polar surface area (TPSA) is 50.4 Å². The van der Waals surface area contributed by atoms with Crippen LogP contribution in [0.4, 0.5) is 0 Å². The van der Waals surface area contributed by atoms with E-state index in [9.17, 15) is 4.79 Å². The third-order valence-electron chi connectivity index (χ3n) is 4.53. The predicted molar refractivity (Wildman–Crippen MR) is 89.9 cm³/mol. The fourth-order valence-corrected chi connectivity index (χ4v) is 3.97. The minimum Gasteiger partial charge on any atom is -0.492 e. The van der Waals surface area contributed by atoms with Gasteiger partial charge in [0.25, 0.3) is 0 Å². The Morgan fingerprint density at radius 1 is 1.32 bits per heavy atom. The minimum atomic E-state index is 0.157. The van der Waals surface area contributed by atoms with Crippen LogP contribution in [0.3, 0.4) is 0 Å². The summed E-state index contributed by atoms with van der Waals surface area (Å²) in [4.78, 5) is 12.0. The van der Waals surface area contributed by atoms with E-state index in [-0.39, 0.29) is 5.91 Å². The van der Waals surface area contributed by atoms with Crippen molar-refractivity contribution < 1.29 is 9.53 Å². The van der Waals surface area contributed by atoms with Gasteiger partial charge in [-0.15, -0.1) is 0 Å². The Morgan fingerprint density at radius 2 is 2.09 bits per heavy atom. The molecule has 0 saturated carbocycles. The molecule has 0 aromatic heterocycles. The maximum atomic E-state index is 12.0. The molecule has 2 atom stereocenters. The summed E-state index contributed by atoms with van der Waals surface area (Å²) in [6, 6.07) is 9.03. The molecule has 2 heterocycles. The number of carbonyl (C=O) groups excluding carboxylic acids is 1. The normalized spacial score (nSPS) is 26.7. The van der Waals surface area contributed by atoms with E-state index in [4.69, 9.17) is 4.74 Å². The van der Waals surface area contributed by atoms with Crippen LogP contribution in [0.15, 0.2) is 28.7 Å². The van der Waals surface area contributed by atoms with Crippen LogP contribution in [0.2, 0.25) is 0 Å². The van der Waals surface area contributed by atoms with Crippen molar-refractivity contribution in [1.29, 1.82) is 0 Å². The third kappa shape index (κ3) is 4.46. The molecule has 2 aliphatic heterocycles. The molecule has 2 bridgehead atoms. The molecule has 2 saturated heterocycles. The third-order valence-corrected chi connectivity index (χ3v) is 5.03. The van der Waals surface area contributed by atoms with E-state index in [1.165, 1.54) is 12.8 Å². The summed E-state index contributed by atoms with van der Waals surface area (Å²) in [5, 5.41) is 6.58. The molecule has 2 N–H and O–H groups in total. The number of benzene rings is 1. The second kappa shape index (κ2) is 7.47. The van der Waals surface area contributed by atoms with Gasteiger partial charge < -0.3 is 15.4 Å². The summed E-state index contributed by atoms with van der Waals surface area (Å²) in [6.45, 7) is 1.06. The Kier molecular flexibility index (Phi) is 5.37. The first-order chi connectivity index (χ1) is 10.7. The van der Waals surface area contributed by atoms with Gasteiger partial charge in [0.2, 0.25) is 5.91 Å². The van der Waals surface area contributed by atoms with Crippen molar-refractivity contribution in [3.63, 3.8) is 0 Å². The first-order valence-electron chi connectivity index (χ1n) is 8.10. The van der Waals surface area contributed by atoms with Crippen LogP contribution in [0.25, 0.3) is 0 Å². The average Bonchev–Trinajstić information content (AvgIpc) is 2.83. The summed E-state index contributed by atoms with van der Waals surface area (Å²) in [5.41, 5.74) is 0. The quantitative estimate of drug-likeness (QED) is 0.761. The molecule has 4 nitrogen and oxygen atoms in total. The monoisotopic (exact) mass is 366 g/mol. The maximum Gasteiger partial charge on any atom is 0.220 e. The van der Waals surface area contributed by atoms with Gasteiger partial charge in [-0.25, -0.2) is 0 Å². The molecule has 1 aromatic carbocycles. The molecule has 1 aromatic rings. The van der Waals surface area contributed by atoms with E-state index >= 15 is 0 Å². The molecule has 0 radical (unpaired) electrons. The van der Waals surface area contributed by atoms with Crippen molar-refractivity contribution in [2.45, 2.75) is 44.2 Å². The van der Waals surface area contributed by atoms with Crippen molar-refractivity contribution in [2.75, 3.05) is 13.2 Å². The predicted octanol–water partition coefficient (Wildman–Crippen LogP) is 2.86. The average molecular weight is 367 g/mol. The van der Waals surface area contributed by atoms with E-state index in [0.29, 0.717) is 37.6 Å². The summed E-state index contributed by atoms with van der Waals surface area (Å²) < 4.78 is 6.61. The van der Waals surface area contributed by atoms with Crippen LogP contribution in [0.5, 0.6) is 5.75 Å². The number of piperidine rings is 1. The lowest BCUT2D eigenvalue weighted by Gasteiger charge is -2.28. The van der Waals surface area contributed by atoms with Gasteiger partial charge in [0.05, 0.1) is 6.54 Å². The number of hydrogen-bond donors (Lipinski definition) is 2. The highest BCUT2D eigenvalue weighted by molar-refractivity contribution is 9.10. The fraction of sp³-hybridized carbons (Fsp3) is 0.588. The van der Waals surface area contributed by atoms with E-state index in [1.807, 2.05) is 24.3 Å². The highest BCUT2D eigenvalue weighted by Crippen LogP contribution is 2.32. The summed E-state index contributed by atoms with van der Waals surface area (Å²) in [6.07, 6.45) is 5.52.